The Bertz CT molecular complexity index is 807. The van der Waals surface area contributed by atoms with Crippen LogP contribution in [0.2, 0.25) is 0 Å². The first kappa shape index (κ1) is 20.3. The van der Waals surface area contributed by atoms with E-state index >= 15 is 0 Å². The molecule has 2 N–H and O–H groups in total. The molecule has 0 radical (unpaired) electrons. The summed E-state index contributed by atoms with van der Waals surface area (Å²) < 4.78 is 0. The number of carboxylic acid groups (broad SMARTS) is 1. The van der Waals surface area contributed by atoms with Crippen molar-refractivity contribution in [1.29, 1.82) is 0 Å². The lowest BCUT2D eigenvalue weighted by molar-refractivity contribution is -0.139. The molecule has 2 aliphatic heterocycles. The van der Waals surface area contributed by atoms with Gasteiger partial charge in [-0.2, -0.15) is 0 Å². The van der Waals surface area contributed by atoms with Gasteiger partial charge in [0, 0.05) is 6.42 Å². The quantitative estimate of drug-likeness (QED) is 0.763. The number of hydrogen-bond donors (Lipinski definition) is 2. The fraction of sp³-hybridized carbons (Fsp3) is 0.500. The average Bonchev–Trinajstić information content (AvgIpc) is 2.65. The first-order chi connectivity index (χ1) is 13.4. The highest BCUT2D eigenvalue weighted by Gasteiger charge is 2.31. The molecule has 1 unspecified atom stereocenters. The van der Waals surface area contributed by atoms with Crippen LogP contribution in [0.25, 0.3) is 5.57 Å². The number of nitrogens with one attached hydrogen (secondary N) is 1. The van der Waals surface area contributed by atoms with E-state index in [1.54, 1.807) is 0 Å². The van der Waals surface area contributed by atoms with Crippen LogP contribution in [0.3, 0.4) is 0 Å². The van der Waals surface area contributed by atoms with Crippen molar-refractivity contribution < 1.29 is 19.5 Å². The van der Waals surface area contributed by atoms with Crippen molar-refractivity contribution in [3.63, 3.8) is 0 Å². The molecule has 2 heterocycles. The second kappa shape index (κ2) is 8.69. The fourth-order valence-electron chi connectivity index (χ4n) is 4.54. The van der Waals surface area contributed by atoms with Gasteiger partial charge in [0.2, 0.25) is 11.8 Å². The highest BCUT2D eigenvalue weighted by Crippen LogP contribution is 2.36. The van der Waals surface area contributed by atoms with Crippen molar-refractivity contribution in [2.75, 3.05) is 19.6 Å². The Morgan fingerprint density at radius 1 is 1.25 bits per heavy atom. The van der Waals surface area contributed by atoms with Crippen LogP contribution >= 0.6 is 0 Å². The molecule has 1 atom stereocenters. The molecular formula is C22H28N2O4. The Kier molecular flexibility index (Phi) is 6.29. The van der Waals surface area contributed by atoms with Gasteiger partial charge in [-0.25, -0.2) is 0 Å². The summed E-state index contributed by atoms with van der Waals surface area (Å²) in [5, 5.41) is 11.4. The molecule has 2 saturated heterocycles. The Balaban J connectivity index is 1.80. The molecule has 0 spiro atoms. The minimum atomic E-state index is -0.779. The maximum absolute atomic E-state index is 12.4. The predicted octanol–water partition coefficient (Wildman–Crippen LogP) is 2.72. The third kappa shape index (κ3) is 4.33. The van der Waals surface area contributed by atoms with E-state index in [9.17, 15) is 14.4 Å². The van der Waals surface area contributed by atoms with E-state index in [1.165, 1.54) is 11.1 Å². The van der Waals surface area contributed by atoms with Crippen LogP contribution < -0.4 is 5.32 Å². The summed E-state index contributed by atoms with van der Waals surface area (Å²) in [6.45, 7) is 5.71. The summed E-state index contributed by atoms with van der Waals surface area (Å²) in [7, 11) is 0. The maximum Gasteiger partial charge on any atom is 0.317 e. The smallest absolute Gasteiger partial charge is 0.317 e. The van der Waals surface area contributed by atoms with Crippen LogP contribution in [0.4, 0.5) is 0 Å². The molecule has 0 aromatic heterocycles. The largest absolute Gasteiger partial charge is 0.480 e. The van der Waals surface area contributed by atoms with Crippen molar-refractivity contribution in [2.24, 2.45) is 5.92 Å². The highest BCUT2D eigenvalue weighted by atomic mass is 16.4. The van der Waals surface area contributed by atoms with Crippen molar-refractivity contribution in [3.05, 3.63) is 41.0 Å². The first-order valence-corrected chi connectivity index (χ1v) is 9.94. The van der Waals surface area contributed by atoms with Crippen LogP contribution in [0.1, 0.15) is 55.2 Å². The number of carbonyl (C=O) groups is 3. The van der Waals surface area contributed by atoms with E-state index in [0.717, 1.165) is 37.1 Å². The third-order valence-corrected chi connectivity index (χ3v) is 6.00. The lowest BCUT2D eigenvalue weighted by Crippen LogP contribution is -2.41. The van der Waals surface area contributed by atoms with Gasteiger partial charge in [-0.1, -0.05) is 24.3 Å². The SMILES string of the molecule is C/C=C(\c1cccc(C2CCN(CC(=O)O)CC2)c1C)C1CCC(=O)NC1=O. The van der Waals surface area contributed by atoms with E-state index in [0.29, 0.717) is 18.8 Å². The number of amides is 2. The first-order valence-electron chi connectivity index (χ1n) is 9.94. The standard InChI is InChI=1S/C22H28N2O4/c1-3-16(19-7-8-20(25)23-22(19)28)18-6-4-5-17(14(18)2)15-9-11-24(12-10-15)13-21(26)27/h3-6,15,19H,7-13H2,1-2H3,(H,26,27)(H,23,25,28)/b16-3+. The lowest BCUT2D eigenvalue weighted by Gasteiger charge is -2.32. The zero-order valence-corrected chi connectivity index (χ0v) is 16.5. The van der Waals surface area contributed by atoms with Gasteiger partial charge < -0.3 is 5.11 Å². The Morgan fingerprint density at radius 3 is 2.57 bits per heavy atom. The summed E-state index contributed by atoms with van der Waals surface area (Å²) in [6.07, 6.45) is 4.76. The second-order valence-electron chi connectivity index (χ2n) is 7.71. The van der Waals surface area contributed by atoms with Crippen LogP contribution in [0.15, 0.2) is 24.3 Å². The van der Waals surface area contributed by atoms with Crippen LogP contribution in [0, 0.1) is 12.8 Å². The molecule has 2 fully saturated rings. The van der Waals surface area contributed by atoms with Crippen molar-refractivity contribution >= 4 is 23.4 Å². The van der Waals surface area contributed by atoms with Crippen LogP contribution in [-0.2, 0) is 14.4 Å². The lowest BCUT2D eigenvalue weighted by atomic mass is 9.80. The fourth-order valence-corrected chi connectivity index (χ4v) is 4.54. The molecule has 2 aliphatic rings. The molecular weight excluding hydrogens is 356 g/mol. The number of allylic oxidation sites excluding steroid dienone is 1. The number of benzene rings is 1. The number of aliphatic carboxylic acids is 1. The molecule has 6 nitrogen and oxygen atoms in total. The zero-order valence-electron chi connectivity index (χ0n) is 16.5. The van der Waals surface area contributed by atoms with Crippen LogP contribution in [0.5, 0.6) is 0 Å². The van der Waals surface area contributed by atoms with Gasteiger partial charge in [-0.15, -0.1) is 0 Å². The summed E-state index contributed by atoms with van der Waals surface area (Å²) in [6, 6.07) is 6.24. The third-order valence-electron chi connectivity index (χ3n) is 6.00. The van der Waals surface area contributed by atoms with E-state index < -0.39 is 5.97 Å². The minimum absolute atomic E-state index is 0.101. The predicted molar refractivity (Wildman–Crippen MR) is 107 cm³/mol. The Morgan fingerprint density at radius 2 is 1.96 bits per heavy atom. The number of piperidine rings is 2. The molecule has 28 heavy (non-hydrogen) atoms. The molecule has 0 saturated carbocycles. The number of imide groups is 1. The number of carboxylic acids is 1. The van der Waals surface area contributed by atoms with Crippen molar-refractivity contribution in [1.82, 2.24) is 10.2 Å². The average molecular weight is 384 g/mol. The Labute approximate surface area is 165 Å². The van der Waals surface area contributed by atoms with E-state index in [1.807, 2.05) is 24.0 Å². The molecule has 150 valence electrons. The summed E-state index contributed by atoms with van der Waals surface area (Å²) >= 11 is 0. The number of likely N-dealkylation sites (tertiary alicyclic amines) is 1. The zero-order chi connectivity index (χ0) is 20.3. The molecule has 1 aromatic carbocycles. The second-order valence-corrected chi connectivity index (χ2v) is 7.71. The monoisotopic (exact) mass is 384 g/mol. The van der Waals surface area contributed by atoms with Gasteiger partial charge in [0.25, 0.3) is 0 Å². The number of rotatable bonds is 5. The molecule has 0 bridgehead atoms. The van der Waals surface area contributed by atoms with Gasteiger partial charge in [0.1, 0.15) is 0 Å². The van der Waals surface area contributed by atoms with Crippen molar-refractivity contribution in [2.45, 2.75) is 45.4 Å². The highest BCUT2D eigenvalue weighted by molar-refractivity contribution is 6.04. The summed E-state index contributed by atoms with van der Waals surface area (Å²) in [4.78, 5) is 36.8. The minimum Gasteiger partial charge on any atom is -0.480 e. The number of carbonyl (C=O) groups excluding carboxylic acids is 2. The molecule has 1 aromatic rings. The molecule has 0 aliphatic carbocycles. The van der Waals surface area contributed by atoms with Gasteiger partial charge in [-0.05, 0) is 74.4 Å². The normalized spacial score (nSPS) is 22.2. The molecule has 3 rings (SSSR count). The van der Waals surface area contributed by atoms with E-state index in [-0.39, 0.29) is 24.3 Å². The summed E-state index contributed by atoms with van der Waals surface area (Å²) in [5.41, 5.74) is 4.51. The van der Waals surface area contributed by atoms with E-state index in [4.69, 9.17) is 5.11 Å². The van der Waals surface area contributed by atoms with Gasteiger partial charge >= 0.3 is 5.97 Å². The summed E-state index contributed by atoms with van der Waals surface area (Å²) in [5.74, 6) is -1.09. The molecule has 6 heteroatoms. The van der Waals surface area contributed by atoms with E-state index in [2.05, 4.69) is 24.4 Å². The topological polar surface area (TPSA) is 86.7 Å². The van der Waals surface area contributed by atoms with Gasteiger partial charge in [0.15, 0.2) is 0 Å². The number of hydrogen-bond acceptors (Lipinski definition) is 4. The Hall–Kier alpha value is -2.47. The van der Waals surface area contributed by atoms with Gasteiger partial charge in [0.05, 0.1) is 12.5 Å². The molecule has 2 amide bonds. The van der Waals surface area contributed by atoms with Crippen LogP contribution in [-0.4, -0.2) is 47.4 Å². The maximum atomic E-state index is 12.4. The number of nitrogens with zero attached hydrogens (tertiary/aromatic N) is 1. The van der Waals surface area contributed by atoms with Crippen molar-refractivity contribution in [3.8, 4) is 0 Å². The van der Waals surface area contributed by atoms with Gasteiger partial charge in [-0.3, -0.25) is 24.6 Å².